The fourth-order valence-electron chi connectivity index (χ4n) is 4.45. The van der Waals surface area contributed by atoms with Gasteiger partial charge in [-0.05, 0) is 56.6 Å². The normalized spacial score (nSPS) is 27.5. The molecule has 0 bridgehead atoms. The Morgan fingerprint density at radius 2 is 1.65 bits per heavy atom. The van der Waals surface area contributed by atoms with E-state index in [1.165, 1.54) is 25.7 Å². The molecule has 0 spiro atoms. The number of rotatable bonds is 2. The van der Waals surface area contributed by atoms with Gasteiger partial charge in [-0.15, -0.1) is 0 Å². The molecule has 1 aliphatic carbocycles. The van der Waals surface area contributed by atoms with Crippen molar-refractivity contribution in [3.05, 3.63) is 34.8 Å². The van der Waals surface area contributed by atoms with Crippen LogP contribution in [0.25, 0.3) is 11.1 Å². The molecule has 0 atom stereocenters. The lowest BCUT2D eigenvalue weighted by Crippen LogP contribution is -2.44. The number of oxazole rings is 1. The lowest BCUT2D eigenvalue weighted by atomic mass is 9.85. The third-order valence-electron chi connectivity index (χ3n) is 5.88. The van der Waals surface area contributed by atoms with Crippen molar-refractivity contribution in [2.45, 2.75) is 57.5 Å². The summed E-state index contributed by atoms with van der Waals surface area (Å²) in [5.41, 5.74) is 1.66. The van der Waals surface area contributed by atoms with Crippen LogP contribution < -0.4 is 5.76 Å². The maximum atomic E-state index is 12.2. The summed E-state index contributed by atoms with van der Waals surface area (Å²) >= 11 is 0. The average molecular weight is 314 g/mol. The molecule has 1 aromatic heterocycles. The summed E-state index contributed by atoms with van der Waals surface area (Å²) in [5.74, 6) is 0.704. The fraction of sp³-hybridized carbons (Fsp3) is 0.632. The molecular formula is C19H26N2O2. The van der Waals surface area contributed by atoms with Crippen LogP contribution in [-0.2, 0) is 0 Å². The Morgan fingerprint density at radius 1 is 0.957 bits per heavy atom. The molecule has 23 heavy (non-hydrogen) atoms. The van der Waals surface area contributed by atoms with Crippen molar-refractivity contribution < 1.29 is 4.42 Å². The average Bonchev–Trinajstić information content (AvgIpc) is 2.91. The van der Waals surface area contributed by atoms with Crippen LogP contribution in [0.1, 0.15) is 51.5 Å². The van der Waals surface area contributed by atoms with Gasteiger partial charge in [0, 0.05) is 25.2 Å². The molecule has 2 aliphatic rings. The van der Waals surface area contributed by atoms with Crippen molar-refractivity contribution >= 4 is 11.1 Å². The van der Waals surface area contributed by atoms with Crippen LogP contribution in [-0.4, -0.2) is 28.6 Å². The first-order chi connectivity index (χ1) is 11.2. The zero-order chi connectivity index (χ0) is 15.8. The standard InChI is InChI=1S/C19H26N2O2/c1-14-6-8-15(9-7-14)20-12-10-16(11-13-20)21-17-4-2-3-5-18(17)23-19(21)22/h2-5,14-16H,6-13H2,1H3. The van der Waals surface area contributed by atoms with E-state index < -0.39 is 0 Å². The Kier molecular flexibility index (Phi) is 4.02. The van der Waals surface area contributed by atoms with Gasteiger partial charge in [0.15, 0.2) is 5.58 Å². The number of fused-ring (bicyclic) bond motifs is 1. The summed E-state index contributed by atoms with van der Waals surface area (Å²) in [6.07, 6.45) is 7.54. The van der Waals surface area contributed by atoms with Gasteiger partial charge in [0.1, 0.15) is 0 Å². The van der Waals surface area contributed by atoms with Crippen LogP contribution in [0.3, 0.4) is 0 Å². The second kappa shape index (κ2) is 6.16. The first-order valence-electron chi connectivity index (χ1n) is 9.06. The Labute approximate surface area is 137 Å². The second-order valence-electron chi connectivity index (χ2n) is 7.39. The fourth-order valence-corrected chi connectivity index (χ4v) is 4.45. The predicted molar refractivity (Wildman–Crippen MR) is 91.7 cm³/mol. The van der Waals surface area contributed by atoms with E-state index >= 15 is 0 Å². The number of likely N-dealkylation sites (tertiary alicyclic amines) is 1. The van der Waals surface area contributed by atoms with Crippen LogP contribution in [0.4, 0.5) is 0 Å². The molecular weight excluding hydrogens is 288 g/mol. The first-order valence-corrected chi connectivity index (χ1v) is 9.06. The minimum Gasteiger partial charge on any atom is -0.408 e. The van der Waals surface area contributed by atoms with Crippen molar-refractivity contribution in [1.82, 2.24) is 9.47 Å². The van der Waals surface area contributed by atoms with Gasteiger partial charge < -0.3 is 9.32 Å². The SMILES string of the molecule is CC1CCC(N2CCC(n3c(=O)oc4ccccc43)CC2)CC1. The molecule has 0 N–H and O–H groups in total. The molecule has 0 amide bonds. The van der Waals surface area contributed by atoms with Gasteiger partial charge in [0.05, 0.1) is 5.52 Å². The van der Waals surface area contributed by atoms with Crippen molar-refractivity contribution in [1.29, 1.82) is 0 Å². The van der Waals surface area contributed by atoms with Crippen molar-refractivity contribution in [2.24, 2.45) is 5.92 Å². The summed E-state index contributed by atoms with van der Waals surface area (Å²) in [7, 11) is 0. The molecule has 1 aromatic carbocycles. The molecule has 4 heteroatoms. The summed E-state index contributed by atoms with van der Waals surface area (Å²) in [6, 6.07) is 8.82. The zero-order valence-electron chi connectivity index (χ0n) is 13.9. The Bertz CT molecular complexity index is 716. The van der Waals surface area contributed by atoms with Crippen molar-refractivity contribution in [3.8, 4) is 0 Å². The lowest BCUT2D eigenvalue weighted by molar-refractivity contribution is 0.0980. The summed E-state index contributed by atoms with van der Waals surface area (Å²) in [5, 5.41) is 0. The lowest BCUT2D eigenvalue weighted by Gasteiger charge is -2.40. The molecule has 0 unspecified atom stereocenters. The van der Waals surface area contributed by atoms with Crippen LogP contribution in [0.2, 0.25) is 0 Å². The molecule has 4 nitrogen and oxygen atoms in total. The van der Waals surface area contributed by atoms with E-state index in [9.17, 15) is 4.79 Å². The third-order valence-corrected chi connectivity index (χ3v) is 5.88. The number of benzene rings is 1. The number of aromatic nitrogens is 1. The third kappa shape index (κ3) is 2.85. The molecule has 1 saturated carbocycles. The largest absolute Gasteiger partial charge is 0.420 e. The van der Waals surface area contributed by atoms with E-state index in [0.29, 0.717) is 5.58 Å². The van der Waals surface area contributed by atoms with Gasteiger partial charge in [0.25, 0.3) is 0 Å². The quantitative estimate of drug-likeness (QED) is 0.846. The first kappa shape index (κ1) is 15.0. The molecule has 0 radical (unpaired) electrons. The molecule has 2 heterocycles. The van der Waals surface area contributed by atoms with Crippen LogP contribution in [0, 0.1) is 5.92 Å². The summed E-state index contributed by atoms with van der Waals surface area (Å²) in [4.78, 5) is 14.9. The van der Waals surface area contributed by atoms with E-state index in [2.05, 4.69) is 11.8 Å². The highest BCUT2D eigenvalue weighted by atomic mass is 16.4. The van der Waals surface area contributed by atoms with E-state index in [0.717, 1.165) is 43.4 Å². The van der Waals surface area contributed by atoms with Crippen LogP contribution in [0.15, 0.2) is 33.5 Å². The topological polar surface area (TPSA) is 38.4 Å². The summed E-state index contributed by atoms with van der Waals surface area (Å²) < 4.78 is 7.29. The molecule has 124 valence electrons. The van der Waals surface area contributed by atoms with Gasteiger partial charge in [-0.1, -0.05) is 19.1 Å². The minimum absolute atomic E-state index is 0.198. The number of hydrogen-bond donors (Lipinski definition) is 0. The van der Waals surface area contributed by atoms with Crippen LogP contribution in [0.5, 0.6) is 0 Å². The van der Waals surface area contributed by atoms with Gasteiger partial charge >= 0.3 is 5.76 Å². The number of piperidine rings is 1. The molecule has 1 aliphatic heterocycles. The van der Waals surface area contributed by atoms with Gasteiger partial charge in [-0.25, -0.2) is 4.79 Å². The van der Waals surface area contributed by atoms with Crippen LogP contribution >= 0.6 is 0 Å². The summed E-state index contributed by atoms with van der Waals surface area (Å²) in [6.45, 7) is 4.59. The zero-order valence-corrected chi connectivity index (χ0v) is 13.9. The molecule has 4 rings (SSSR count). The number of para-hydroxylation sites is 2. The molecule has 2 fully saturated rings. The molecule has 1 saturated heterocycles. The van der Waals surface area contributed by atoms with Gasteiger partial charge in [-0.2, -0.15) is 0 Å². The number of hydrogen-bond acceptors (Lipinski definition) is 3. The van der Waals surface area contributed by atoms with E-state index in [4.69, 9.17) is 4.42 Å². The van der Waals surface area contributed by atoms with Gasteiger partial charge in [0.2, 0.25) is 0 Å². The monoisotopic (exact) mass is 314 g/mol. The van der Waals surface area contributed by atoms with Gasteiger partial charge in [-0.3, -0.25) is 4.57 Å². The minimum atomic E-state index is -0.198. The Balaban J connectivity index is 1.47. The predicted octanol–water partition coefficient (Wildman–Crippen LogP) is 3.81. The highest BCUT2D eigenvalue weighted by molar-refractivity contribution is 5.72. The maximum absolute atomic E-state index is 12.2. The van der Waals surface area contributed by atoms with E-state index in [-0.39, 0.29) is 11.8 Å². The van der Waals surface area contributed by atoms with E-state index in [1.807, 2.05) is 28.8 Å². The Morgan fingerprint density at radius 3 is 2.39 bits per heavy atom. The van der Waals surface area contributed by atoms with Crippen molar-refractivity contribution in [2.75, 3.05) is 13.1 Å². The van der Waals surface area contributed by atoms with E-state index in [1.54, 1.807) is 0 Å². The smallest absolute Gasteiger partial charge is 0.408 e. The van der Waals surface area contributed by atoms with Crippen molar-refractivity contribution in [3.63, 3.8) is 0 Å². The molecule has 2 aromatic rings. The Hall–Kier alpha value is -1.55. The number of nitrogens with zero attached hydrogens (tertiary/aromatic N) is 2. The second-order valence-corrected chi connectivity index (χ2v) is 7.39. The highest BCUT2D eigenvalue weighted by Gasteiger charge is 2.29. The maximum Gasteiger partial charge on any atom is 0.420 e. The highest BCUT2D eigenvalue weighted by Crippen LogP contribution is 2.32.